The van der Waals surface area contributed by atoms with Gasteiger partial charge in [0.05, 0.1) is 13.2 Å². The van der Waals surface area contributed by atoms with Crippen molar-refractivity contribution in [1.82, 2.24) is 5.32 Å². The lowest BCUT2D eigenvalue weighted by Crippen LogP contribution is -2.50. The van der Waals surface area contributed by atoms with E-state index < -0.39 is 0 Å². The summed E-state index contributed by atoms with van der Waals surface area (Å²) in [4.78, 5) is 0. The van der Waals surface area contributed by atoms with Crippen LogP contribution < -0.4 is 5.32 Å². The molecule has 1 unspecified atom stereocenters. The molecule has 2 heterocycles. The Labute approximate surface area is 116 Å². The van der Waals surface area contributed by atoms with Crippen LogP contribution in [0.25, 0.3) is 0 Å². The Bertz CT molecular complexity index is 470. The van der Waals surface area contributed by atoms with Gasteiger partial charge in [-0.15, -0.1) is 0 Å². The van der Waals surface area contributed by atoms with Crippen molar-refractivity contribution in [3.8, 4) is 0 Å². The Balaban J connectivity index is 1.90. The second-order valence-electron chi connectivity index (χ2n) is 6.52. The lowest BCUT2D eigenvalue weighted by molar-refractivity contribution is -0.0682. The minimum absolute atomic E-state index is 0.268. The van der Waals surface area contributed by atoms with Crippen LogP contribution in [0.5, 0.6) is 0 Å². The van der Waals surface area contributed by atoms with Gasteiger partial charge in [0.15, 0.2) is 0 Å². The second kappa shape index (κ2) is 4.92. The van der Waals surface area contributed by atoms with Crippen molar-refractivity contribution >= 4 is 0 Å². The van der Waals surface area contributed by atoms with E-state index in [-0.39, 0.29) is 5.41 Å². The molecular weight excluding hydrogens is 234 g/mol. The van der Waals surface area contributed by atoms with Crippen molar-refractivity contribution in [1.29, 1.82) is 0 Å². The summed E-state index contributed by atoms with van der Waals surface area (Å²) in [6.07, 6.45) is 3.88. The first-order valence-corrected chi connectivity index (χ1v) is 7.50. The first kappa shape index (κ1) is 13.1. The largest absolute Gasteiger partial charge is 0.379 e. The molecule has 3 rings (SSSR count). The molecule has 0 radical (unpaired) electrons. The van der Waals surface area contributed by atoms with Gasteiger partial charge in [-0.3, -0.25) is 0 Å². The second-order valence-corrected chi connectivity index (χ2v) is 6.52. The van der Waals surface area contributed by atoms with Crippen LogP contribution in [0.2, 0.25) is 0 Å². The van der Waals surface area contributed by atoms with Gasteiger partial charge >= 0.3 is 0 Å². The molecule has 1 aromatic rings. The maximum Gasteiger partial charge on any atom is 0.0586 e. The maximum absolute atomic E-state index is 5.60. The lowest BCUT2D eigenvalue weighted by Gasteiger charge is -2.44. The monoisotopic (exact) mass is 259 g/mol. The quantitative estimate of drug-likeness (QED) is 0.901. The van der Waals surface area contributed by atoms with Crippen LogP contribution in [0.4, 0.5) is 0 Å². The molecule has 2 aliphatic heterocycles. The van der Waals surface area contributed by atoms with Gasteiger partial charge in [0.25, 0.3) is 0 Å². The molecule has 2 fully saturated rings. The van der Waals surface area contributed by atoms with Crippen molar-refractivity contribution in [2.24, 2.45) is 0 Å². The minimum atomic E-state index is 0.268. The van der Waals surface area contributed by atoms with Crippen LogP contribution in [0.15, 0.2) is 12.1 Å². The molecular formula is C17H25NO. The van der Waals surface area contributed by atoms with Gasteiger partial charge in [0, 0.05) is 11.5 Å². The third kappa shape index (κ3) is 2.32. The van der Waals surface area contributed by atoms with Crippen molar-refractivity contribution in [3.05, 3.63) is 34.4 Å². The number of hydrogen-bond acceptors (Lipinski definition) is 2. The molecule has 1 atom stereocenters. The molecule has 1 aromatic carbocycles. The average Bonchev–Trinajstić information content (AvgIpc) is 2.82. The summed E-state index contributed by atoms with van der Waals surface area (Å²) >= 11 is 0. The summed E-state index contributed by atoms with van der Waals surface area (Å²) in [5.41, 5.74) is 6.03. The van der Waals surface area contributed by atoms with Crippen LogP contribution in [-0.2, 0) is 10.2 Å². The van der Waals surface area contributed by atoms with Gasteiger partial charge < -0.3 is 10.1 Å². The summed E-state index contributed by atoms with van der Waals surface area (Å²) in [6, 6.07) is 5.43. The first-order valence-electron chi connectivity index (χ1n) is 7.50. The molecule has 19 heavy (non-hydrogen) atoms. The highest BCUT2D eigenvalue weighted by molar-refractivity contribution is 5.42. The molecule has 0 spiro atoms. The normalized spacial score (nSPS) is 25.3. The van der Waals surface area contributed by atoms with Crippen molar-refractivity contribution < 1.29 is 4.74 Å². The van der Waals surface area contributed by atoms with Gasteiger partial charge in [-0.1, -0.05) is 12.1 Å². The predicted octanol–water partition coefficient (Wildman–Crippen LogP) is 3.02. The number of nitrogens with one attached hydrogen (secondary N) is 1. The minimum Gasteiger partial charge on any atom is -0.379 e. The van der Waals surface area contributed by atoms with Gasteiger partial charge in [-0.2, -0.15) is 0 Å². The van der Waals surface area contributed by atoms with Crippen LogP contribution in [0.1, 0.15) is 41.5 Å². The molecule has 0 amide bonds. The molecule has 2 aliphatic rings. The average molecular weight is 259 g/mol. The Hall–Kier alpha value is -0.860. The predicted molar refractivity (Wildman–Crippen MR) is 78.8 cm³/mol. The molecule has 2 saturated heterocycles. The van der Waals surface area contributed by atoms with Gasteiger partial charge in [-0.25, -0.2) is 0 Å². The zero-order valence-electron chi connectivity index (χ0n) is 12.4. The van der Waals surface area contributed by atoms with E-state index in [1.54, 1.807) is 0 Å². The van der Waals surface area contributed by atoms with E-state index in [0.717, 1.165) is 13.2 Å². The van der Waals surface area contributed by atoms with Gasteiger partial charge in [0.1, 0.15) is 0 Å². The summed E-state index contributed by atoms with van der Waals surface area (Å²) in [7, 11) is 0. The van der Waals surface area contributed by atoms with Crippen molar-refractivity contribution in [2.45, 2.75) is 51.5 Å². The van der Waals surface area contributed by atoms with Crippen LogP contribution in [0.3, 0.4) is 0 Å². The molecule has 104 valence electrons. The number of ether oxygens (including phenoxy) is 1. The molecule has 2 heteroatoms. The number of hydrogen-bond donors (Lipinski definition) is 1. The zero-order valence-corrected chi connectivity index (χ0v) is 12.4. The molecule has 0 saturated carbocycles. The Morgan fingerprint density at radius 3 is 2.47 bits per heavy atom. The number of benzene rings is 1. The van der Waals surface area contributed by atoms with E-state index in [0.29, 0.717) is 6.04 Å². The van der Waals surface area contributed by atoms with Crippen LogP contribution in [0, 0.1) is 20.8 Å². The van der Waals surface area contributed by atoms with Crippen LogP contribution >= 0.6 is 0 Å². The molecule has 0 aromatic heterocycles. The first-order chi connectivity index (χ1) is 9.11. The van der Waals surface area contributed by atoms with Crippen molar-refractivity contribution in [3.63, 3.8) is 0 Å². The van der Waals surface area contributed by atoms with Gasteiger partial charge in [0.2, 0.25) is 0 Å². The van der Waals surface area contributed by atoms with Crippen LogP contribution in [-0.4, -0.2) is 25.8 Å². The summed E-state index contributed by atoms with van der Waals surface area (Å²) < 4.78 is 5.60. The Morgan fingerprint density at radius 2 is 1.89 bits per heavy atom. The molecule has 2 nitrogen and oxygen atoms in total. The SMILES string of the molecule is Cc1cc(C)c(C2(CC3CCCN3)COC2)cc1C. The molecule has 1 N–H and O–H groups in total. The lowest BCUT2D eigenvalue weighted by atomic mass is 9.71. The van der Waals surface area contributed by atoms with Crippen molar-refractivity contribution in [2.75, 3.05) is 19.8 Å². The third-order valence-electron chi connectivity index (χ3n) is 4.97. The summed E-state index contributed by atoms with van der Waals surface area (Å²) in [5.74, 6) is 0. The van der Waals surface area contributed by atoms with E-state index >= 15 is 0 Å². The maximum atomic E-state index is 5.60. The summed E-state index contributed by atoms with van der Waals surface area (Å²) in [5, 5.41) is 3.64. The van der Waals surface area contributed by atoms with Gasteiger partial charge in [-0.05, 0) is 68.8 Å². The smallest absolute Gasteiger partial charge is 0.0586 e. The number of aryl methyl sites for hydroxylation is 3. The molecule has 0 aliphatic carbocycles. The summed E-state index contributed by atoms with van der Waals surface area (Å²) in [6.45, 7) is 9.66. The molecule has 0 bridgehead atoms. The van der Waals surface area contributed by atoms with E-state index in [1.165, 1.54) is 48.1 Å². The Morgan fingerprint density at radius 1 is 1.16 bits per heavy atom. The topological polar surface area (TPSA) is 21.3 Å². The highest BCUT2D eigenvalue weighted by atomic mass is 16.5. The fourth-order valence-electron chi connectivity index (χ4n) is 3.67. The van der Waals surface area contributed by atoms with E-state index in [2.05, 4.69) is 38.2 Å². The standard InChI is InChI=1S/C17H25NO/c1-12-7-14(3)16(8-13(12)2)17(10-19-11-17)9-15-5-4-6-18-15/h7-8,15,18H,4-6,9-11H2,1-3H3. The highest BCUT2D eigenvalue weighted by Gasteiger charge is 2.43. The van der Waals surface area contributed by atoms with E-state index in [1.807, 2.05) is 0 Å². The zero-order chi connectivity index (χ0) is 13.5. The highest BCUT2D eigenvalue weighted by Crippen LogP contribution is 2.40. The fourth-order valence-corrected chi connectivity index (χ4v) is 3.67. The number of rotatable bonds is 3. The van der Waals surface area contributed by atoms with E-state index in [9.17, 15) is 0 Å². The Kier molecular flexibility index (Phi) is 3.40. The third-order valence-corrected chi connectivity index (χ3v) is 4.97. The van der Waals surface area contributed by atoms with E-state index in [4.69, 9.17) is 4.74 Å². The fraction of sp³-hybridized carbons (Fsp3) is 0.647.